The molecule has 0 aliphatic heterocycles. The van der Waals surface area contributed by atoms with Gasteiger partial charge in [-0.05, 0) is 54.4 Å². The van der Waals surface area contributed by atoms with E-state index in [9.17, 15) is 4.79 Å². The maximum absolute atomic E-state index is 12.3. The summed E-state index contributed by atoms with van der Waals surface area (Å²) in [5.41, 5.74) is 3.03. The molecule has 1 amide bonds. The Balaban J connectivity index is 1.58. The zero-order chi connectivity index (χ0) is 19.1. The minimum Gasteiger partial charge on any atom is -0.494 e. The normalized spacial score (nSPS) is 10.6. The molecule has 0 saturated heterocycles. The monoisotopic (exact) mass is 383 g/mol. The van der Waals surface area contributed by atoms with Crippen LogP contribution in [-0.4, -0.2) is 22.7 Å². The number of halogens is 1. The van der Waals surface area contributed by atoms with Crippen LogP contribution >= 0.6 is 11.6 Å². The van der Waals surface area contributed by atoms with Gasteiger partial charge in [0, 0.05) is 17.1 Å². The molecule has 140 valence electrons. The Labute approximate surface area is 163 Å². The lowest BCUT2D eigenvalue weighted by atomic mass is 10.1. The highest BCUT2D eigenvalue weighted by Crippen LogP contribution is 2.21. The van der Waals surface area contributed by atoms with E-state index in [4.69, 9.17) is 16.3 Å². The van der Waals surface area contributed by atoms with Crippen molar-refractivity contribution in [2.75, 3.05) is 6.61 Å². The first kappa shape index (κ1) is 19.0. The van der Waals surface area contributed by atoms with E-state index in [2.05, 4.69) is 22.4 Å². The van der Waals surface area contributed by atoms with Gasteiger partial charge in [0.1, 0.15) is 11.4 Å². The minimum absolute atomic E-state index is 0.205. The molecule has 3 rings (SSSR count). The number of nitrogens with one attached hydrogen (secondary N) is 2. The van der Waals surface area contributed by atoms with Crippen LogP contribution in [0.15, 0.2) is 54.6 Å². The van der Waals surface area contributed by atoms with Crippen LogP contribution in [0.4, 0.5) is 0 Å². The Morgan fingerprint density at radius 1 is 1.15 bits per heavy atom. The molecule has 27 heavy (non-hydrogen) atoms. The first-order valence-electron chi connectivity index (χ1n) is 8.97. The first-order valence-corrected chi connectivity index (χ1v) is 9.35. The molecular formula is C21H22ClN3O2. The third-order valence-corrected chi connectivity index (χ3v) is 4.36. The Morgan fingerprint density at radius 2 is 1.89 bits per heavy atom. The van der Waals surface area contributed by atoms with Crippen molar-refractivity contribution in [1.82, 2.24) is 15.5 Å². The molecule has 0 spiro atoms. The Kier molecular flexibility index (Phi) is 6.49. The lowest BCUT2D eigenvalue weighted by molar-refractivity contribution is 0.0946. The summed E-state index contributed by atoms with van der Waals surface area (Å²) in [5, 5.41) is 10.6. The van der Waals surface area contributed by atoms with Crippen LogP contribution in [0.2, 0.25) is 5.02 Å². The predicted octanol–water partition coefficient (Wildman–Crippen LogP) is 4.84. The summed E-state index contributed by atoms with van der Waals surface area (Å²) in [6, 6.07) is 16.8. The van der Waals surface area contributed by atoms with Crippen LogP contribution < -0.4 is 10.1 Å². The van der Waals surface area contributed by atoms with Gasteiger partial charge in [-0.1, -0.05) is 37.1 Å². The molecule has 0 aliphatic rings. The maximum atomic E-state index is 12.3. The standard InChI is InChI=1S/C21H22ClN3O2/c1-2-3-12-27-18-10-6-16(7-11-18)19-13-20(25-24-19)21(26)23-14-15-4-8-17(22)9-5-15/h4-11,13H,2-3,12,14H2,1H3,(H,23,26)(H,24,25). The van der Waals surface area contributed by atoms with Crippen LogP contribution in [0.5, 0.6) is 5.75 Å². The van der Waals surface area contributed by atoms with Gasteiger partial charge >= 0.3 is 0 Å². The number of carbonyl (C=O) groups excluding carboxylic acids is 1. The quantitative estimate of drug-likeness (QED) is 0.547. The third-order valence-electron chi connectivity index (χ3n) is 4.11. The van der Waals surface area contributed by atoms with Gasteiger partial charge in [0.25, 0.3) is 5.91 Å². The van der Waals surface area contributed by atoms with Crippen molar-refractivity contribution < 1.29 is 9.53 Å². The van der Waals surface area contributed by atoms with Gasteiger partial charge < -0.3 is 10.1 Å². The molecule has 0 radical (unpaired) electrons. The highest BCUT2D eigenvalue weighted by molar-refractivity contribution is 6.30. The lowest BCUT2D eigenvalue weighted by Gasteiger charge is -2.05. The summed E-state index contributed by atoms with van der Waals surface area (Å²) in [4.78, 5) is 12.3. The summed E-state index contributed by atoms with van der Waals surface area (Å²) in [6.45, 7) is 3.28. The first-order chi connectivity index (χ1) is 13.2. The molecule has 0 fully saturated rings. The molecule has 1 heterocycles. The molecule has 6 heteroatoms. The van der Waals surface area contributed by atoms with E-state index in [1.165, 1.54) is 0 Å². The van der Waals surface area contributed by atoms with Gasteiger partial charge in [-0.15, -0.1) is 0 Å². The molecule has 2 N–H and O–H groups in total. The second kappa shape index (κ2) is 9.24. The van der Waals surface area contributed by atoms with E-state index in [1.54, 1.807) is 18.2 Å². The molecule has 1 aromatic heterocycles. The van der Waals surface area contributed by atoms with Crippen molar-refractivity contribution in [2.24, 2.45) is 0 Å². The number of H-pyrrole nitrogens is 1. The molecule has 3 aromatic rings. The predicted molar refractivity (Wildman–Crippen MR) is 107 cm³/mol. The summed E-state index contributed by atoms with van der Waals surface area (Å²) in [6.07, 6.45) is 2.14. The molecule has 0 unspecified atom stereocenters. The van der Waals surface area contributed by atoms with Gasteiger partial charge in [0.05, 0.1) is 12.3 Å². The van der Waals surface area contributed by atoms with Gasteiger partial charge in [-0.25, -0.2) is 0 Å². The van der Waals surface area contributed by atoms with E-state index >= 15 is 0 Å². The van der Waals surface area contributed by atoms with Crippen LogP contribution in [0, 0.1) is 0 Å². The van der Waals surface area contributed by atoms with Crippen LogP contribution in [0.25, 0.3) is 11.3 Å². The van der Waals surface area contributed by atoms with E-state index < -0.39 is 0 Å². The molecule has 0 saturated carbocycles. The minimum atomic E-state index is -0.205. The van der Waals surface area contributed by atoms with Crippen LogP contribution in [0.3, 0.4) is 0 Å². The van der Waals surface area contributed by atoms with E-state index in [0.717, 1.165) is 36.3 Å². The average molecular weight is 384 g/mol. The van der Waals surface area contributed by atoms with Gasteiger partial charge in [-0.2, -0.15) is 5.10 Å². The number of rotatable bonds is 8. The fraction of sp³-hybridized carbons (Fsp3) is 0.238. The summed E-state index contributed by atoms with van der Waals surface area (Å²) in [5.74, 6) is 0.631. The molecule has 5 nitrogen and oxygen atoms in total. The smallest absolute Gasteiger partial charge is 0.269 e. The summed E-state index contributed by atoms with van der Waals surface area (Å²) in [7, 11) is 0. The van der Waals surface area contributed by atoms with Crippen molar-refractivity contribution in [3.63, 3.8) is 0 Å². The number of aromatic amines is 1. The van der Waals surface area contributed by atoms with Gasteiger partial charge in [0.2, 0.25) is 0 Å². The van der Waals surface area contributed by atoms with E-state index in [1.807, 2.05) is 36.4 Å². The number of carbonyl (C=O) groups is 1. The number of ether oxygens (including phenoxy) is 1. The Bertz CT molecular complexity index is 873. The topological polar surface area (TPSA) is 67.0 Å². The number of aromatic nitrogens is 2. The van der Waals surface area contributed by atoms with Gasteiger partial charge in [0.15, 0.2) is 0 Å². The largest absolute Gasteiger partial charge is 0.494 e. The van der Waals surface area contributed by atoms with Crippen molar-refractivity contribution in [1.29, 1.82) is 0 Å². The molecule has 0 aliphatic carbocycles. The maximum Gasteiger partial charge on any atom is 0.269 e. The highest BCUT2D eigenvalue weighted by atomic mass is 35.5. The third kappa shape index (κ3) is 5.34. The fourth-order valence-electron chi connectivity index (χ4n) is 2.52. The lowest BCUT2D eigenvalue weighted by Crippen LogP contribution is -2.23. The molecule has 0 bridgehead atoms. The summed E-state index contributed by atoms with van der Waals surface area (Å²) < 4.78 is 5.66. The highest BCUT2D eigenvalue weighted by Gasteiger charge is 2.11. The van der Waals surface area contributed by atoms with Crippen LogP contribution in [-0.2, 0) is 6.54 Å². The average Bonchev–Trinajstić information content (AvgIpc) is 3.18. The van der Waals surface area contributed by atoms with Gasteiger partial charge in [-0.3, -0.25) is 9.89 Å². The van der Waals surface area contributed by atoms with Crippen molar-refractivity contribution >= 4 is 17.5 Å². The molecule has 0 atom stereocenters. The number of nitrogens with zero attached hydrogens (tertiary/aromatic N) is 1. The van der Waals surface area contributed by atoms with Crippen molar-refractivity contribution in [3.8, 4) is 17.0 Å². The number of unbranched alkanes of at least 4 members (excludes halogenated alkanes) is 1. The Hall–Kier alpha value is -2.79. The number of hydrogen-bond donors (Lipinski definition) is 2. The molecule has 2 aromatic carbocycles. The summed E-state index contributed by atoms with van der Waals surface area (Å²) >= 11 is 5.86. The number of benzene rings is 2. The zero-order valence-electron chi connectivity index (χ0n) is 15.2. The van der Waals surface area contributed by atoms with Crippen LogP contribution in [0.1, 0.15) is 35.8 Å². The number of amides is 1. The second-order valence-corrected chi connectivity index (χ2v) is 6.64. The van der Waals surface area contributed by atoms with Crippen molar-refractivity contribution in [3.05, 3.63) is 70.9 Å². The van der Waals surface area contributed by atoms with Crippen molar-refractivity contribution in [2.45, 2.75) is 26.3 Å². The van der Waals surface area contributed by atoms with E-state index in [-0.39, 0.29) is 5.91 Å². The SMILES string of the molecule is CCCCOc1ccc(-c2cc(C(=O)NCc3ccc(Cl)cc3)[nH]n2)cc1. The van der Waals surface area contributed by atoms with E-state index in [0.29, 0.717) is 23.0 Å². The fourth-order valence-corrected chi connectivity index (χ4v) is 2.65. The zero-order valence-corrected chi connectivity index (χ0v) is 15.9. The Morgan fingerprint density at radius 3 is 2.59 bits per heavy atom. The second-order valence-electron chi connectivity index (χ2n) is 6.20. The number of hydrogen-bond acceptors (Lipinski definition) is 3. The molecular weight excluding hydrogens is 362 g/mol.